The van der Waals surface area contributed by atoms with Crippen molar-refractivity contribution >= 4 is 22.3 Å². The van der Waals surface area contributed by atoms with Crippen molar-refractivity contribution in [1.82, 2.24) is 9.88 Å². The number of allylic oxidation sites excluding steroid dienone is 1. The number of nitrogens with zero attached hydrogens (tertiary/aromatic N) is 2. The SMILES string of the molecule is O=C(c1ccccc1)C(CCN1CC=C(c2cccc3ccoc23)CCC1)c1ccccn1. The number of fused-ring (bicyclic) bond motifs is 1. The van der Waals surface area contributed by atoms with E-state index in [9.17, 15) is 4.79 Å². The number of Topliss-reactive ketones (excluding diaryl/α,β-unsaturated/α-hetero) is 1. The number of benzene rings is 2. The second-order valence-electron chi connectivity index (χ2n) is 8.60. The second kappa shape index (κ2) is 9.97. The van der Waals surface area contributed by atoms with E-state index < -0.39 is 0 Å². The van der Waals surface area contributed by atoms with Crippen LogP contribution in [0.5, 0.6) is 0 Å². The summed E-state index contributed by atoms with van der Waals surface area (Å²) in [7, 11) is 0. The molecule has 0 radical (unpaired) electrons. The quantitative estimate of drug-likeness (QED) is 0.316. The predicted molar refractivity (Wildman–Crippen MR) is 132 cm³/mol. The van der Waals surface area contributed by atoms with Gasteiger partial charge < -0.3 is 4.42 Å². The summed E-state index contributed by atoms with van der Waals surface area (Å²) in [5.74, 6) is -0.0954. The Morgan fingerprint density at radius 2 is 1.88 bits per heavy atom. The molecule has 0 spiro atoms. The van der Waals surface area contributed by atoms with Crippen LogP contribution in [0.2, 0.25) is 0 Å². The van der Waals surface area contributed by atoms with E-state index in [1.165, 1.54) is 11.1 Å². The molecule has 0 fully saturated rings. The van der Waals surface area contributed by atoms with E-state index in [-0.39, 0.29) is 11.7 Å². The number of carbonyl (C=O) groups excluding carboxylic acids is 1. The first-order valence-corrected chi connectivity index (χ1v) is 11.7. The van der Waals surface area contributed by atoms with Gasteiger partial charge in [-0.3, -0.25) is 14.7 Å². The summed E-state index contributed by atoms with van der Waals surface area (Å²) in [4.78, 5) is 20.3. The van der Waals surface area contributed by atoms with Crippen LogP contribution in [-0.2, 0) is 0 Å². The van der Waals surface area contributed by atoms with E-state index in [0.717, 1.165) is 61.1 Å². The molecule has 166 valence electrons. The van der Waals surface area contributed by atoms with E-state index in [1.54, 1.807) is 12.5 Å². The molecule has 33 heavy (non-hydrogen) atoms. The fraction of sp³-hybridized carbons (Fsp3) is 0.241. The molecule has 5 rings (SSSR count). The smallest absolute Gasteiger partial charge is 0.171 e. The van der Waals surface area contributed by atoms with Gasteiger partial charge in [0.05, 0.1) is 17.9 Å². The van der Waals surface area contributed by atoms with E-state index in [2.05, 4.69) is 34.2 Å². The van der Waals surface area contributed by atoms with Gasteiger partial charge in [-0.05, 0) is 56.1 Å². The normalized spacial score (nSPS) is 15.7. The highest BCUT2D eigenvalue weighted by atomic mass is 16.3. The Kier molecular flexibility index (Phi) is 6.45. The number of furan rings is 1. The molecule has 1 aliphatic rings. The molecule has 0 amide bonds. The third kappa shape index (κ3) is 4.81. The van der Waals surface area contributed by atoms with Crippen molar-refractivity contribution in [2.24, 2.45) is 0 Å². The largest absolute Gasteiger partial charge is 0.464 e. The van der Waals surface area contributed by atoms with Crippen LogP contribution in [0, 0.1) is 0 Å². The summed E-state index contributed by atoms with van der Waals surface area (Å²) >= 11 is 0. The first kappa shape index (κ1) is 21.4. The lowest BCUT2D eigenvalue weighted by Gasteiger charge is -2.22. The molecule has 1 aliphatic heterocycles. The van der Waals surface area contributed by atoms with Crippen molar-refractivity contribution in [2.75, 3.05) is 19.6 Å². The van der Waals surface area contributed by atoms with Gasteiger partial charge in [-0.2, -0.15) is 0 Å². The number of para-hydroxylation sites is 1. The third-order valence-electron chi connectivity index (χ3n) is 6.49. The van der Waals surface area contributed by atoms with E-state index in [4.69, 9.17) is 4.42 Å². The number of pyridine rings is 1. The minimum absolute atomic E-state index is 0.143. The molecule has 2 aromatic heterocycles. The van der Waals surface area contributed by atoms with Gasteiger partial charge in [-0.1, -0.05) is 60.7 Å². The van der Waals surface area contributed by atoms with E-state index in [1.807, 2.05) is 54.6 Å². The lowest BCUT2D eigenvalue weighted by molar-refractivity contribution is 0.0947. The summed E-state index contributed by atoms with van der Waals surface area (Å²) in [5.41, 5.74) is 5.12. The zero-order valence-electron chi connectivity index (χ0n) is 18.7. The van der Waals surface area contributed by atoms with Gasteiger partial charge >= 0.3 is 0 Å². The Morgan fingerprint density at radius 1 is 1.00 bits per heavy atom. The number of hydrogen-bond donors (Lipinski definition) is 0. The van der Waals surface area contributed by atoms with E-state index in [0.29, 0.717) is 0 Å². The molecule has 3 heterocycles. The molecule has 2 aromatic carbocycles. The van der Waals surface area contributed by atoms with Crippen molar-refractivity contribution in [3.63, 3.8) is 0 Å². The fourth-order valence-corrected chi connectivity index (χ4v) is 4.73. The first-order chi connectivity index (χ1) is 16.3. The minimum Gasteiger partial charge on any atom is -0.464 e. The number of carbonyl (C=O) groups is 1. The van der Waals surface area contributed by atoms with Gasteiger partial charge in [0.1, 0.15) is 5.58 Å². The molecule has 4 nitrogen and oxygen atoms in total. The molecular weight excluding hydrogens is 408 g/mol. The van der Waals surface area contributed by atoms with Gasteiger partial charge in [0.15, 0.2) is 5.78 Å². The maximum Gasteiger partial charge on any atom is 0.171 e. The summed E-state index contributed by atoms with van der Waals surface area (Å²) in [6.07, 6.45) is 8.74. The molecule has 0 N–H and O–H groups in total. The Balaban J connectivity index is 1.31. The zero-order chi connectivity index (χ0) is 22.5. The summed E-state index contributed by atoms with van der Waals surface area (Å²) < 4.78 is 5.77. The lowest BCUT2D eigenvalue weighted by Crippen LogP contribution is -2.28. The summed E-state index contributed by atoms with van der Waals surface area (Å²) in [6.45, 7) is 2.75. The van der Waals surface area contributed by atoms with Crippen molar-refractivity contribution in [1.29, 1.82) is 0 Å². The molecular formula is C29H28N2O2. The van der Waals surface area contributed by atoms with Crippen molar-refractivity contribution in [3.05, 3.63) is 108 Å². The van der Waals surface area contributed by atoms with Crippen molar-refractivity contribution < 1.29 is 9.21 Å². The van der Waals surface area contributed by atoms with Gasteiger partial charge in [0, 0.05) is 29.3 Å². The van der Waals surface area contributed by atoms with Crippen molar-refractivity contribution in [3.8, 4) is 0 Å². The average molecular weight is 437 g/mol. The molecule has 4 heteroatoms. The zero-order valence-corrected chi connectivity index (χ0v) is 18.7. The highest BCUT2D eigenvalue weighted by Crippen LogP contribution is 2.30. The van der Waals surface area contributed by atoms with Gasteiger partial charge in [-0.15, -0.1) is 0 Å². The highest BCUT2D eigenvalue weighted by molar-refractivity contribution is 6.00. The Labute approximate surface area is 194 Å². The molecule has 0 aliphatic carbocycles. The van der Waals surface area contributed by atoms with Gasteiger partial charge in [0.25, 0.3) is 0 Å². The van der Waals surface area contributed by atoms with Crippen molar-refractivity contribution in [2.45, 2.75) is 25.2 Å². The van der Waals surface area contributed by atoms with Crippen LogP contribution in [0.3, 0.4) is 0 Å². The monoisotopic (exact) mass is 436 g/mol. The first-order valence-electron chi connectivity index (χ1n) is 11.7. The number of rotatable bonds is 7. The standard InChI is InChI=1S/C29H28N2O2/c32-28(23-8-2-1-3-9-23)26(27-13-4-5-17-30-27)15-20-31-18-7-11-22(14-19-31)25-12-6-10-24-16-21-33-29(24)25/h1-6,8-10,12-14,16-17,21,26H,7,11,15,18-20H2. The molecule has 1 atom stereocenters. The summed E-state index contributed by atoms with van der Waals surface area (Å²) in [5, 5.41) is 1.15. The van der Waals surface area contributed by atoms with Crippen LogP contribution in [0.15, 0.2) is 95.7 Å². The third-order valence-corrected chi connectivity index (χ3v) is 6.49. The van der Waals surface area contributed by atoms with Gasteiger partial charge in [0.2, 0.25) is 0 Å². The lowest BCUT2D eigenvalue weighted by atomic mass is 9.91. The van der Waals surface area contributed by atoms with Gasteiger partial charge in [-0.25, -0.2) is 0 Å². The Morgan fingerprint density at radius 3 is 2.73 bits per heavy atom. The fourth-order valence-electron chi connectivity index (χ4n) is 4.73. The minimum atomic E-state index is -0.239. The van der Waals surface area contributed by atoms with Crippen LogP contribution in [0.25, 0.3) is 16.5 Å². The highest BCUT2D eigenvalue weighted by Gasteiger charge is 2.24. The molecule has 4 aromatic rings. The van der Waals surface area contributed by atoms with Crippen LogP contribution in [0.1, 0.15) is 46.8 Å². The second-order valence-corrected chi connectivity index (χ2v) is 8.60. The van der Waals surface area contributed by atoms with Crippen LogP contribution >= 0.6 is 0 Å². The summed E-state index contributed by atoms with van der Waals surface area (Å²) in [6, 6.07) is 23.8. The van der Waals surface area contributed by atoms with E-state index >= 15 is 0 Å². The molecule has 0 bridgehead atoms. The molecule has 0 saturated heterocycles. The number of aromatic nitrogens is 1. The predicted octanol–water partition coefficient (Wildman–Crippen LogP) is 6.36. The topological polar surface area (TPSA) is 46.3 Å². The molecule has 1 unspecified atom stereocenters. The van der Waals surface area contributed by atoms with Crippen LogP contribution in [-0.4, -0.2) is 35.3 Å². The maximum atomic E-state index is 13.3. The van der Waals surface area contributed by atoms with Crippen LogP contribution in [0.4, 0.5) is 0 Å². The average Bonchev–Trinajstić information content (AvgIpc) is 3.24. The number of hydrogen-bond acceptors (Lipinski definition) is 4. The molecule has 0 saturated carbocycles. The maximum absolute atomic E-state index is 13.3. The number of ketones is 1. The van der Waals surface area contributed by atoms with Crippen LogP contribution < -0.4 is 0 Å². The Bertz CT molecular complexity index is 1240. The Hall–Kier alpha value is -3.50.